The van der Waals surface area contributed by atoms with Crippen molar-refractivity contribution in [3.8, 4) is 36.1 Å². The number of fused-ring (bicyclic) bond motifs is 2. The van der Waals surface area contributed by atoms with Crippen LogP contribution in [0.2, 0.25) is 0 Å². The Bertz CT molecular complexity index is 2440. The molecule has 2 aliphatic rings. The molecule has 0 amide bonds. The minimum atomic E-state index is -5.00. The monoisotopic (exact) mass is 628 g/mol. The maximum absolute atomic E-state index is 12.9. The van der Waals surface area contributed by atoms with Crippen molar-refractivity contribution in [2.45, 2.75) is 13.3 Å². The summed E-state index contributed by atoms with van der Waals surface area (Å²) in [7, 11) is 0. The van der Waals surface area contributed by atoms with Crippen molar-refractivity contribution < 1.29 is 17.9 Å². The van der Waals surface area contributed by atoms with Crippen LogP contribution in [0.5, 0.6) is 5.75 Å². The summed E-state index contributed by atoms with van der Waals surface area (Å²) in [6.45, 7) is 25.5. The molecule has 2 aliphatic carbocycles. The number of hydrogen-bond donors (Lipinski definition) is 0. The molecule has 0 aromatic heterocycles. The molecule has 0 N–H and O–H groups in total. The number of alkyl halides is 3. The van der Waals surface area contributed by atoms with Gasteiger partial charge < -0.3 is 4.74 Å². The van der Waals surface area contributed by atoms with Crippen molar-refractivity contribution in [1.82, 2.24) is 0 Å². The lowest BCUT2D eigenvalue weighted by Crippen LogP contribution is -2.17. The van der Waals surface area contributed by atoms with Gasteiger partial charge in [0.2, 0.25) is 5.70 Å². The second-order valence-corrected chi connectivity index (χ2v) is 10.0. The standard InChI is InChI=1S/C36H11F3N8O/c1-18-5-7-20(8-6-18)28-34(26(17-44)46-3)31-23(14-41)29-22(13-40)27(19-9-11-21(12-10-19)48-36(37,38)39)33(25(16-43)45-2)30(29)24(15-42)32(31)35(28)47-4/h5-12H,1H3/b33-25-,34-26+. The number of nitrogens with zero attached hydrogens (tertiary/aromatic N) is 8. The molecule has 0 radical (unpaired) electrons. The van der Waals surface area contributed by atoms with Gasteiger partial charge in [-0.05, 0) is 58.0 Å². The van der Waals surface area contributed by atoms with Gasteiger partial charge in [0.25, 0.3) is 11.4 Å². The first-order chi connectivity index (χ1) is 23.0. The van der Waals surface area contributed by atoms with Gasteiger partial charge in [-0.1, -0.05) is 42.0 Å². The van der Waals surface area contributed by atoms with Crippen molar-refractivity contribution in [2.24, 2.45) is 0 Å². The van der Waals surface area contributed by atoms with Crippen LogP contribution in [-0.4, -0.2) is 6.36 Å². The Kier molecular flexibility index (Phi) is 7.83. The summed E-state index contributed by atoms with van der Waals surface area (Å²) in [5, 5.41) is 51.9. The Morgan fingerprint density at radius 2 is 1.15 bits per heavy atom. The molecular formula is C36H11F3N8O. The van der Waals surface area contributed by atoms with Crippen LogP contribution in [0.3, 0.4) is 0 Å². The summed E-state index contributed by atoms with van der Waals surface area (Å²) < 4.78 is 42.5. The fourth-order valence-electron chi connectivity index (χ4n) is 5.79. The maximum Gasteiger partial charge on any atom is 0.573 e. The van der Waals surface area contributed by atoms with E-state index >= 15 is 0 Å². The van der Waals surface area contributed by atoms with E-state index in [0.29, 0.717) is 5.56 Å². The van der Waals surface area contributed by atoms with Gasteiger partial charge in [-0.2, -0.15) is 15.8 Å². The number of nitriles is 5. The fourth-order valence-corrected chi connectivity index (χ4v) is 5.79. The van der Waals surface area contributed by atoms with Crippen molar-refractivity contribution in [3.05, 3.63) is 144 Å². The van der Waals surface area contributed by atoms with Gasteiger partial charge >= 0.3 is 6.36 Å². The average molecular weight is 629 g/mol. The highest BCUT2D eigenvalue weighted by molar-refractivity contribution is 6.31. The number of benzene rings is 3. The minimum absolute atomic E-state index is 0.0486. The van der Waals surface area contributed by atoms with Crippen LogP contribution in [0, 0.1) is 83.3 Å². The lowest BCUT2D eigenvalue weighted by atomic mass is 9.84. The van der Waals surface area contributed by atoms with E-state index in [1.165, 1.54) is 0 Å². The Morgan fingerprint density at radius 3 is 1.60 bits per heavy atom. The summed E-state index contributed by atoms with van der Waals surface area (Å²) >= 11 is 0. The zero-order valence-corrected chi connectivity index (χ0v) is 24.2. The van der Waals surface area contributed by atoms with E-state index in [9.17, 15) is 39.5 Å². The van der Waals surface area contributed by atoms with Crippen molar-refractivity contribution in [3.63, 3.8) is 0 Å². The highest BCUT2D eigenvalue weighted by Gasteiger charge is 2.43. The van der Waals surface area contributed by atoms with E-state index in [1.807, 2.05) is 31.2 Å². The summed E-state index contributed by atoms with van der Waals surface area (Å²) in [4.78, 5) is 10.3. The largest absolute Gasteiger partial charge is 0.573 e. The third kappa shape index (κ3) is 4.76. The molecule has 0 saturated heterocycles. The molecule has 0 heterocycles. The molecule has 0 bridgehead atoms. The summed E-state index contributed by atoms with van der Waals surface area (Å²) in [6, 6.07) is 20.5. The van der Waals surface area contributed by atoms with E-state index in [0.717, 1.165) is 29.8 Å². The maximum atomic E-state index is 12.9. The van der Waals surface area contributed by atoms with Crippen LogP contribution < -0.4 is 4.74 Å². The summed E-state index contributed by atoms with van der Waals surface area (Å²) in [6.07, 6.45) is -5.00. The van der Waals surface area contributed by atoms with E-state index < -0.39 is 23.5 Å². The third-order valence-corrected chi connectivity index (χ3v) is 7.55. The van der Waals surface area contributed by atoms with Crippen LogP contribution in [0.4, 0.5) is 13.2 Å². The van der Waals surface area contributed by atoms with Crippen LogP contribution in [-0.2, 0) is 0 Å². The van der Waals surface area contributed by atoms with Gasteiger partial charge in [0.15, 0.2) is 0 Å². The van der Waals surface area contributed by atoms with Crippen molar-refractivity contribution in [2.75, 3.05) is 0 Å². The topological polar surface area (TPSA) is 141 Å². The second kappa shape index (κ2) is 11.9. The quantitative estimate of drug-likeness (QED) is 0.211. The molecule has 0 saturated carbocycles. The first kappa shape index (κ1) is 31.6. The molecule has 0 atom stereocenters. The van der Waals surface area contributed by atoms with E-state index in [2.05, 4.69) is 19.3 Å². The molecular weight excluding hydrogens is 617 g/mol. The molecule has 9 nitrogen and oxygen atoms in total. The zero-order valence-electron chi connectivity index (χ0n) is 24.2. The predicted octanol–water partition coefficient (Wildman–Crippen LogP) is 8.19. The number of halogens is 3. The van der Waals surface area contributed by atoms with Crippen LogP contribution in [0.1, 0.15) is 50.1 Å². The number of rotatable bonds is 3. The smallest absolute Gasteiger partial charge is 0.406 e. The minimum Gasteiger partial charge on any atom is -0.406 e. The Balaban J connectivity index is 2.01. The molecule has 0 fully saturated rings. The lowest BCUT2D eigenvalue weighted by molar-refractivity contribution is -0.274. The average Bonchev–Trinajstić information content (AvgIpc) is 3.58. The van der Waals surface area contributed by atoms with Gasteiger partial charge in [0, 0.05) is 16.7 Å². The first-order valence-corrected chi connectivity index (χ1v) is 13.3. The van der Waals surface area contributed by atoms with Crippen molar-refractivity contribution in [1.29, 1.82) is 26.3 Å². The van der Waals surface area contributed by atoms with Gasteiger partial charge in [0.05, 0.1) is 54.6 Å². The van der Waals surface area contributed by atoms with Crippen LogP contribution in [0.15, 0.2) is 59.9 Å². The first-order valence-electron chi connectivity index (χ1n) is 13.3. The van der Waals surface area contributed by atoms with Crippen molar-refractivity contribution >= 4 is 33.6 Å². The molecule has 0 unspecified atom stereocenters. The van der Waals surface area contributed by atoms with E-state index in [-0.39, 0.29) is 72.5 Å². The lowest BCUT2D eigenvalue weighted by Gasteiger charge is -2.16. The predicted molar refractivity (Wildman–Crippen MR) is 164 cm³/mol. The molecule has 0 aliphatic heterocycles. The number of aryl methyl sites for hydroxylation is 1. The molecule has 48 heavy (non-hydrogen) atoms. The fraction of sp³-hybridized carbons (Fsp3) is 0.0556. The molecule has 12 heteroatoms. The normalized spacial score (nSPS) is 14.8. The van der Waals surface area contributed by atoms with Gasteiger partial charge in [-0.15, -0.1) is 13.2 Å². The number of allylic oxidation sites excluding steroid dienone is 7. The van der Waals surface area contributed by atoms with E-state index in [4.69, 9.17) is 19.7 Å². The zero-order chi connectivity index (χ0) is 34.9. The summed E-state index contributed by atoms with van der Waals surface area (Å²) in [5.41, 5.74) is -1.90. The Labute approximate surface area is 271 Å². The second-order valence-electron chi connectivity index (χ2n) is 10.0. The van der Waals surface area contributed by atoms with E-state index in [1.54, 1.807) is 30.3 Å². The summed E-state index contributed by atoms with van der Waals surface area (Å²) in [5.74, 6) is -0.597. The van der Waals surface area contributed by atoms with Crippen LogP contribution >= 0.6 is 0 Å². The molecule has 0 spiro atoms. The Morgan fingerprint density at radius 1 is 0.667 bits per heavy atom. The molecule has 222 valence electrons. The molecule has 5 rings (SSSR count). The number of hydrogen-bond acceptors (Lipinski definition) is 6. The van der Waals surface area contributed by atoms with Gasteiger partial charge in [-0.25, -0.2) is 25.1 Å². The SMILES string of the molecule is [C-]#[N+]C1=C(c2ccc(C)cc2)/C(=C(/C#N)[N+]#[C-])c2c(C#N)c3c(c(C#N)c21)/C(=C(/C#N)[N+]#[C-])C(c1ccc(OC(F)(F)F)cc1)=C3C#N. The highest BCUT2D eigenvalue weighted by atomic mass is 19.4. The third-order valence-electron chi connectivity index (χ3n) is 7.55. The molecule has 3 aromatic carbocycles. The number of ether oxygens (including phenoxy) is 1. The Hall–Kier alpha value is -7.87. The van der Waals surface area contributed by atoms with Gasteiger partial charge in [-0.3, -0.25) is 0 Å². The van der Waals surface area contributed by atoms with Gasteiger partial charge in [0.1, 0.15) is 17.9 Å². The van der Waals surface area contributed by atoms with Crippen LogP contribution in [0.25, 0.3) is 48.1 Å². The molecule has 3 aromatic rings. The highest BCUT2D eigenvalue weighted by Crippen LogP contribution is 2.58.